The predicted molar refractivity (Wildman–Crippen MR) is 92.6 cm³/mol. The van der Waals surface area contributed by atoms with E-state index >= 15 is 0 Å². The van der Waals surface area contributed by atoms with Gasteiger partial charge in [0, 0.05) is 18.7 Å². The molecule has 0 bridgehead atoms. The molecule has 132 valence electrons. The number of aliphatic hydroxyl groups is 1. The van der Waals surface area contributed by atoms with E-state index in [9.17, 15) is 20.0 Å². The first-order valence-electron chi connectivity index (χ1n) is 7.50. The summed E-state index contributed by atoms with van der Waals surface area (Å²) in [6, 6.07) is 12.3. The molecule has 0 aliphatic heterocycles. The zero-order valence-electron chi connectivity index (χ0n) is 13.4. The van der Waals surface area contributed by atoms with Crippen LogP contribution in [0.15, 0.2) is 48.5 Å². The van der Waals surface area contributed by atoms with E-state index in [0.29, 0.717) is 16.3 Å². The number of nitrogens with zero attached hydrogens (tertiary/aromatic N) is 1. The maximum atomic E-state index is 12.1. The second-order valence-electron chi connectivity index (χ2n) is 5.30. The van der Waals surface area contributed by atoms with E-state index in [1.165, 1.54) is 24.3 Å². The van der Waals surface area contributed by atoms with Crippen LogP contribution in [-0.4, -0.2) is 28.6 Å². The second kappa shape index (κ2) is 8.46. The van der Waals surface area contributed by atoms with Crippen LogP contribution in [0.3, 0.4) is 0 Å². The average molecular weight is 365 g/mol. The molecule has 7 nitrogen and oxygen atoms in total. The summed E-state index contributed by atoms with van der Waals surface area (Å²) >= 11 is 5.97. The Bertz CT molecular complexity index is 751. The molecular formula is C17H17ClN2O5. The predicted octanol–water partition coefficient (Wildman–Crippen LogP) is 2.87. The summed E-state index contributed by atoms with van der Waals surface area (Å²) in [5.74, 6) is -0.0244. The molecule has 0 unspecified atom stereocenters. The van der Waals surface area contributed by atoms with Gasteiger partial charge in [-0.3, -0.25) is 14.9 Å². The number of amides is 1. The highest BCUT2D eigenvalue weighted by molar-refractivity contribution is 6.32. The molecule has 0 saturated heterocycles. The van der Waals surface area contributed by atoms with Crippen LogP contribution >= 0.6 is 11.6 Å². The Hall–Kier alpha value is -2.64. The van der Waals surface area contributed by atoms with Crippen LogP contribution in [0.5, 0.6) is 5.75 Å². The second-order valence-corrected chi connectivity index (χ2v) is 5.71. The molecule has 1 amide bonds. The Morgan fingerprint density at radius 1 is 1.28 bits per heavy atom. The quantitative estimate of drug-likeness (QED) is 0.581. The number of aliphatic hydroxyl groups excluding tert-OH is 1. The molecule has 2 rings (SSSR count). The lowest BCUT2D eigenvalue weighted by Crippen LogP contribution is -2.38. The smallest absolute Gasteiger partial charge is 0.269 e. The van der Waals surface area contributed by atoms with E-state index in [2.05, 4.69) is 5.32 Å². The zero-order chi connectivity index (χ0) is 18.4. The normalized spacial score (nSPS) is 12.9. The number of hydrogen-bond donors (Lipinski definition) is 2. The minimum absolute atomic E-state index is 0.0487. The molecule has 0 aliphatic carbocycles. The minimum atomic E-state index is -0.989. The first kappa shape index (κ1) is 18.7. The largest absolute Gasteiger partial charge is 0.479 e. The summed E-state index contributed by atoms with van der Waals surface area (Å²) in [6.07, 6.45) is -1.79. The molecule has 0 saturated carbocycles. The minimum Gasteiger partial charge on any atom is -0.479 e. The van der Waals surface area contributed by atoms with Crippen LogP contribution in [-0.2, 0) is 4.79 Å². The lowest BCUT2D eigenvalue weighted by Gasteiger charge is -2.17. The molecule has 0 radical (unpaired) electrons. The molecule has 0 heterocycles. The van der Waals surface area contributed by atoms with Crippen molar-refractivity contribution in [2.24, 2.45) is 0 Å². The van der Waals surface area contributed by atoms with Crippen LogP contribution in [0.2, 0.25) is 5.02 Å². The van der Waals surface area contributed by atoms with E-state index in [0.717, 1.165) is 0 Å². The van der Waals surface area contributed by atoms with Crippen LogP contribution < -0.4 is 10.1 Å². The Morgan fingerprint density at radius 2 is 1.92 bits per heavy atom. The van der Waals surface area contributed by atoms with Gasteiger partial charge in [-0.15, -0.1) is 0 Å². The van der Waals surface area contributed by atoms with Gasteiger partial charge in [0.15, 0.2) is 6.10 Å². The van der Waals surface area contributed by atoms with Crippen molar-refractivity contribution in [1.29, 1.82) is 0 Å². The van der Waals surface area contributed by atoms with Gasteiger partial charge in [0.2, 0.25) is 0 Å². The molecule has 0 aromatic heterocycles. The molecule has 2 atom stereocenters. The number of nitrogens with one attached hydrogen (secondary N) is 1. The van der Waals surface area contributed by atoms with Crippen molar-refractivity contribution in [3.63, 3.8) is 0 Å². The monoisotopic (exact) mass is 364 g/mol. The van der Waals surface area contributed by atoms with Crippen molar-refractivity contribution in [1.82, 2.24) is 5.32 Å². The van der Waals surface area contributed by atoms with Crippen molar-refractivity contribution in [2.45, 2.75) is 19.1 Å². The third-order valence-corrected chi connectivity index (χ3v) is 3.78. The number of rotatable bonds is 7. The molecule has 0 fully saturated rings. The highest BCUT2D eigenvalue weighted by Gasteiger charge is 2.18. The third kappa shape index (κ3) is 5.17. The Kier molecular flexibility index (Phi) is 6.32. The number of para-hydroxylation sites is 1. The number of carbonyl (C=O) groups is 1. The Morgan fingerprint density at radius 3 is 2.52 bits per heavy atom. The van der Waals surface area contributed by atoms with Crippen molar-refractivity contribution in [3.05, 3.63) is 69.2 Å². The van der Waals surface area contributed by atoms with Crippen LogP contribution in [0, 0.1) is 10.1 Å². The van der Waals surface area contributed by atoms with Crippen LogP contribution in [0.25, 0.3) is 0 Å². The van der Waals surface area contributed by atoms with Crippen molar-refractivity contribution in [3.8, 4) is 5.75 Å². The van der Waals surface area contributed by atoms with E-state index in [4.69, 9.17) is 16.3 Å². The van der Waals surface area contributed by atoms with Gasteiger partial charge in [-0.1, -0.05) is 23.7 Å². The summed E-state index contributed by atoms with van der Waals surface area (Å²) < 4.78 is 5.49. The fourth-order valence-corrected chi connectivity index (χ4v) is 2.24. The van der Waals surface area contributed by atoms with Gasteiger partial charge >= 0.3 is 0 Å². The molecule has 8 heteroatoms. The molecule has 25 heavy (non-hydrogen) atoms. The third-order valence-electron chi connectivity index (χ3n) is 3.47. The summed E-state index contributed by atoms with van der Waals surface area (Å²) in [7, 11) is 0. The van der Waals surface area contributed by atoms with Crippen molar-refractivity contribution in [2.75, 3.05) is 6.54 Å². The van der Waals surface area contributed by atoms with E-state index < -0.39 is 23.0 Å². The van der Waals surface area contributed by atoms with Crippen molar-refractivity contribution >= 4 is 23.2 Å². The number of nitro groups is 1. The van der Waals surface area contributed by atoms with Crippen molar-refractivity contribution < 1.29 is 19.6 Å². The Labute approximate surface area is 149 Å². The summed E-state index contributed by atoms with van der Waals surface area (Å²) in [6.45, 7) is 1.52. The molecule has 2 aromatic rings. The number of ether oxygens (including phenoxy) is 1. The number of halogens is 1. The molecule has 0 aliphatic rings. The number of nitro benzene ring substituents is 1. The topological polar surface area (TPSA) is 102 Å². The summed E-state index contributed by atoms with van der Waals surface area (Å²) in [4.78, 5) is 22.1. The molecule has 0 spiro atoms. The Balaban J connectivity index is 1.88. The lowest BCUT2D eigenvalue weighted by molar-refractivity contribution is -0.384. The maximum Gasteiger partial charge on any atom is 0.269 e. The molecular weight excluding hydrogens is 348 g/mol. The maximum absolute atomic E-state index is 12.1. The number of hydrogen-bond acceptors (Lipinski definition) is 5. The SMILES string of the molecule is C[C@@H](Oc1ccccc1Cl)C(=O)NC[C@@H](O)c1ccc([N+](=O)[O-])cc1. The summed E-state index contributed by atoms with van der Waals surface area (Å²) in [5, 5.41) is 23.6. The fourth-order valence-electron chi connectivity index (χ4n) is 2.06. The molecule has 2 aromatic carbocycles. The van der Waals surface area contributed by atoms with E-state index in [1.54, 1.807) is 31.2 Å². The number of non-ortho nitro benzene ring substituents is 1. The van der Waals surface area contributed by atoms with E-state index in [-0.39, 0.29) is 12.2 Å². The fraction of sp³-hybridized carbons (Fsp3) is 0.235. The number of carbonyl (C=O) groups excluding carboxylic acids is 1. The van der Waals surface area contributed by atoms with E-state index in [1.807, 2.05) is 0 Å². The first-order chi connectivity index (χ1) is 11.9. The van der Waals surface area contributed by atoms with Crippen LogP contribution in [0.4, 0.5) is 5.69 Å². The highest BCUT2D eigenvalue weighted by atomic mass is 35.5. The van der Waals surface area contributed by atoms with Gasteiger partial charge in [0.1, 0.15) is 5.75 Å². The summed E-state index contributed by atoms with van der Waals surface area (Å²) in [5.41, 5.74) is 0.396. The van der Waals surface area contributed by atoms with Gasteiger partial charge in [-0.25, -0.2) is 0 Å². The van der Waals surface area contributed by atoms with Gasteiger partial charge in [0.25, 0.3) is 11.6 Å². The van der Waals surface area contributed by atoms with Gasteiger partial charge < -0.3 is 15.2 Å². The molecule has 2 N–H and O–H groups in total. The van der Waals surface area contributed by atoms with Crippen LogP contribution in [0.1, 0.15) is 18.6 Å². The first-order valence-corrected chi connectivity index (χ1v) is 7.87. The van der Waals surface area contributed by atoms with Gasteiger partial charge in [-0.2, -0.15) is 0 Å². The number of benzene rings is 2. The van der Waals surface area contributed by atoms with Gasteiger partial charge in [0.05, 0.1) is 16.0 Å². The standard InChI is InChI=1S/C17H17ClN2O5/c1-11(25-16-5-3-2-4-14(16)18)17(22)19-10-15(21)12-6-8-13(9-7-12)20(23)24/h2-9,11,15,21H,10H2,1H3,(H,19,22)/t11-,15-/m1/s1. The average Bonchev–Trinajstić information content (AvgIpc) is 2.61. The lowest BCUT2D eigenvalue weighted by atomic mass is 10.1. The van der Waals surface area contributed by atoms with Gasteiger partial charge in [-0.05, 0) is 36.8 Å². The zero-order valence-corrected chi connectivity index (χ0v) is 14.1. The highest BCUT2D eigenvalue weighted by Crippen LogP contribution is 2.24.